The normalized spacial score (nSPS) is 14.2. The van der Waals surface area contributed by atoms with E-state index in [2.05, 4.69) is 4.90 Å². The van der Waals surface area contributed by atoms with Crippen LogP contribution in [-0.2, 0) is 14.8 Å². The molecule has 11 heteroatoms. The van der Waals surface area contributed by atoms with Gasteiger partial charge in [0.2, 0.25) is 0 Å². The number of fused-ring (bicyclic) bond motifs is 1. The average molecular weight is 595 g/mol. The maximum Gasteiger partial charge on any atom is 0.264 e. The minimum absolute atomic E-state index is 0.112. The molecule has 1 aliphatic heterocycles. The molecule has 0 unspecified atom stereocenters. The summed E-state index contributed by atoms with van der Waals surface area (Å²) in [6.07, 6.45) is 0.758. The van der Waals surface area contributed by atoms with Crippen LogP contribution in [0.5, 0.6) is 5.75 Å². The van der Waals surface area contributed by atoms with E-state index in [0.29, 0.717) is 35.3 Å². The SMILES string of the molecule is CCOc1cccc2sc(N(CCCN3CCOCC3)C(=O)c3ccc(S(=O)(=O)N(C)c4ccccc4)cc3)nc12. The second kappa shape index (κ2) is 13.0. The van der Waals surface area contributed by atoms with E-state index in [0.717, 1.165) is 49.5 Å². The highest BCUT2D eigenvalue weighted by Gasteiger charge is 2.25. The zero-order valence-electron chi connectivity index (χ0n) is 23.2. The Morgan fingerprint density at radius 2 is 1.76 bits per heavy atom. The summed E-state index contributed by atoms with van der Waals surface area (Å²) in [7, 11) is -2.28. The number of sulfonamides is 1. The molecule has 0 saturated carbocycles. The summed E-state index contributed by atoms with van der Waals surface area (Å²) >= 11 is 1.44. The van der Waals surface area contributed by atoms with Gasteiger partial charge < -0.3 is 9.47 Å². The Labute approximate surface area is 245 Å². The maximum absolute atomic E-state index is 13.9. The summed E-state index contributed by atoms with van der Waals surface area (Å²) in [6, 6.07) is 20.8. The molecule has 1 aliphatic rings. The maximum atomic E-state index is 13.9. The number of hydrogen-bond acceptors (Lipinski definition) is 8. The number of aromatic nitrogens is 1. The number of carbonyl (C=O) groups is 1. The van der Waals surface area contributed by atoms with Crippen molar-refractivity contribution < 1.29 is 22.7 Å². The van der Waals surface area contributed by atoms with Crippen LogP contribution in [-0.4, -0.2) is 77.3 Å². The lowest BCUT2D eigenvalue weighted by molar-refractivity contribution is 0.0376. The van der Waals surface area contributed by atoms with Crippen LogP contribution < -0.4 is 13.9 Å². The summed E-state index contributed by atoms with van der Waals surface area (Å²) in [4.78, 5) is 22.9. The number of thiazole rings is 1. The highest BCUT2D eigenvalue weighted by Crippen LogP contribution is 2.35. The predicted octanol–water partition coefficient (Wildman–Crippen LogP) is 4.89. The molecule has 0 radical (unpaired) electrons. The van der Waals surface area contributed by atoms with Crippen molar-refractivity contribution in [1.82, 2.24) is 9.88 Å². The number of hydrogen-bond donors (Lipinski definition) is 0. The largest absolute Gasteiger partial charge is 0.492 e. The molecule has 1 aromatic heterocycles. The van der Waals surface area contributed by atoms with Gasteiger partial charge in [0.25, 0.3) is 15.9 Å². The van der Waals surface area contributed by atoms with Crippen LogP contribution in [0.1, 0.15) is 23.7 Å². The van der Waals surface area contributed by atoms with Crippen LogP contribution in [0.4, 0.5) is 10.8 Å². The Bertz CT molecular complexity index is 1570. The number of anilines is 2. The molecule has 1 saturated heterocycles. The topological polar surface area (TPSA) is 92.3 Å². The zero-order valence-corrected chi connectivity index (χ0v) is 24.9. The molecule has 4 aromatic rings. The molecule has 41 heavy (non-hydrogen) atoms. The van der Waals surface area contributed by atoms with Crippen LogP contribution >= 0.6 is 11.3 Å². The molecular weight excluding hydrogens is 560 g/mol. The number of carbonyl (C=O) groups excluding carboxylic acids is 1. The molecule has 0 N–H and O–H groups in total. The Morgan fingerprint density at radius 3 is 2.46 bits per heavy atom. The Kier molecular flexibility index (Phi) is 9.19. The average Bonchev–Trinajstić information content (AvgIpc) is 3.45. The molecule has 1 amide bonds. The van der Waals surface area contributed by atoms with Crippen molar-refractivity contribution in [3.8, 4) is 5.75 Å². The minimum Gasteiger partial charge on any atom is -0.492 e. The van der Waals surface area contributed by atoms with Crippen molar-refractivity contribution in [3.63, 3.8) is 0 Å². The minimum atomic E-state index is -3.79. The second-order valence-corrected chi connectivity index (χ2v) is 12.6. The van der Waals surface area contributed by atoms with Crippen molar-refractivity contribution in [3.05, 3.63) is 78.4 Å². The third-order valence-corrected chi connectivity index (χ3v) is 9.83. The van der Waals surface area contributed by atoms with Gasteiger partial charge in [0.05, 0.1) is 35.1 Å². The van der Waals surface area contributed by atoms with Crippen LogP contribution in [0.3, 0.4) is 0 Å². The number of para-hydroxylation sites is 2. The van der Waals surface area contributed by atoms with Crippen molar-refractivity contribution in [2.24, 2.45) is 0 Å². The highest BCUT2D eigenvalue weighted by molar-refractivity contribution is 7.92. The number of ether oxygens (including phenoxy) is 2. The molecule has 1 fully saturated rings. The third kappa shape index (κ3) is 6.54. The highest BCUT2D eigenvalue weighted by atomic mass is 32.2. The second-order valence-electron chi connectivity index (χ2n) is 9.63. The van der Waals surface area contributed by atoms with E-state index in [4.69, 9.17) is 14.5 Å². The molecule has 3 aromatic carbocycles. The quantitative estimate of drug-likeness (QED) is 0.244. The fourth-order valence-electron chi connectivity index (χ4n) is 4.72. The van der Waals surface area contributed by atoms with E-state index >= 15 is 0 Å². The van der Waals surface area contributed by atoms with Gasteiger partial charge in [0.15, 0.2) is 5.13 Å². The lowest BCUT2D eigenvalue weighted by Gasteiger charge is -2.27. The van der Waals surface area contributed by atoms with Gasteiger partial charge in [-0.05, 0) is 61.9 Å². The van der Waals surface area contributed by atoms with Gasteiger partial charge in [-0.3, -0.25) is 18.9 Å². The summed E-state index contributed by atoms with van der Waals surface area (Å²) < 4.78 is 39.9. The smallest absolute Gasteiger partial charge is 0.264 e. The van der Waals surface area contributed by atoms with Gasteiger partial charge in [-0.2, -0.15) is 0 Å². The lowest BCUT2D eigenvalue weighted by Crippen LogP contribution is -2.39. The van der Waals surface area contributed by atoms with E-state index in [1.54, 1.807) is 41.3 Å². The fraction of sp³-hybridized carbons (Fsp3) is 0.333. The van der Waals surface area contributed by atoms with E-state index < -0.39 is 10.0 Å². The number of nitrogens with zero attached hydrogens (tertiary/aromatic N) is 4. The van der Waals surface area contributed by atoms with E-state index in [-0.39, 0.29) is 10.8 Å². The van der Waals surface area contributed by atoms with Crippen molar-refractivity contribution in [2.45, 2.75) is 18.2 Å². The lowest BCUT2D eigenvalue weighted by atomic mass is 10.2. The molecule has 2 heterocycles. The fourth-order valence-corrected chi connectivity index (χ4v) is 6.92. The standard InChI is InChI=1S/C30H34N4O5S2/c1-3-39-26-11-7-12-27-28(26)31-30(40-27)34(18-8-17-33-19-21-38-22-20-33)29(35)23-13-15-25(16-14-23)41(36,37)32(2)24-9-5-4-6-10-24/h4-7,9-16H,3,8,17-22H2,1-2H3. The third-order valence-electron chi connectivity index (χ3n) is 6.99. The number of rotatable bonds is 11. The first kappa shape index (κ1) is 29.0. The summed E-state index contributed by atoms with van der Waals surface area (Å²) in [5.41, 5.74) is 1.68. The molecule has 0 atom stereocenters. The Balaban J connectivity index is 1.40. The van der Waals surface area contributed by atoms with E-state index in [1.165, 1.54) is 34.8 Å². The van der Waals surface area contributed by atoms with Crippen molar-refractivity contribution in [2.75, 3.05) is 62.3 Å². The van der Waals surface area contributed by atoms with Crippen molar-refractivity contribution >= 4 is 48.3 Å². The van der Waals surface area contributed by atoms with Gasteiger partial charge >= 0.3 is 0 Å². The number of morpholine rings is 1. The molecule has 0 bridgehead atoms. The Hall–Kier alpha value is -3.51. The van der Waals surface area contributed by atoms with Crippen molar-refractivity contribution in [1.29, 1.82) is 0 Å². The summed E-state index contributed by atoms with van der Waals surface area (Å²) in [5.74, 6) is 0.453. The van der Waals surface area contributed by atoms with Crippen LogP contribution in [0, 0.1) is 0 Å². The Morgan fingerprint density at radius 1 is 1.02 bits per heavy atom. The number of benzene rings is 3. The van der Waals surface area contributed by atoms with Crippen LogP contribution in [0.25, 0.3) is 10.2 Å². The summed E-state index contributed by atoms with van der Waals surface area (Å²) in [5, 5.41) is 0.583. The van der Waals surface area contributed by atoms with Gasteiger partial charge in [0, 0.05) is 38.8 Å². The van der Waals surface area contributed by atoms with Gasteiger partial charge in [-0.1, -0.05) is 35.6 Å². The van der Waals surface area contributed by atoms with Gasteiger partial charge in [0.1, 0.15) is 11.3 Å². The molecule has 216 valence electrons. The van der Waals surface area contributed by atoms with Crippen LogP contribution in [0.2, 0.25) is 0 Å². The van der Waals surface area contributed by atoms with Crippen LogP contribution in [0.15, 0.2) is 77.7 Å². The molecule has 5 rings (SSSR count). The first-order chi connectivity index (χ1) is 19.9. The zero-order chi connectivity index (χ0) is 28.8. The van der Waals surface area contributed by atoms with E-state index in [9.17, 15) is 13.2 Å². The van der Waals surface area contributed by atoms with Gasteiger partial charge in [-0.15, -0.1) is 0 Å². The van der Waals surface area contributed by atoms with E-state index in [1.807, 2.05) is 31.2 Å². The monoisotopic (exact) mass is 594 g/mol. The first-order valence-electron chi connectivity index (χ1n) is 13.7. The first-order valence-corrected chi connectivity index (χ1v) is 15.9. The summed E-state index contributed by atoms with van der Waals surface area (Å²) in [6.45, 7) is 6.94. The molecule has 0 aliphatic carbocycles. The van der Waals surface area contributed by atoms with Gasteiger partial charge in [-0.25, -0.2) is 13.4 Å². The molecule has 0 spiro atoms. The molecule has 9 nitrogen and oxygen atoms in total. The number of amides is 1. The predicted molar refractivity (Wildman–Crippen MR) is 163 cm³/mol. The molecular formula is C30H34N4O5S2.